The third-order valence-electron chi connectivity index (χ3n) is 3.05. The van der Waals surface area contributed by atoms with Gasteiger partial charge >= 0.3 is 7.82 Å². The van der Waals surface area contributed by atoms with Crippen molar-refractivity contribution in [2.24, 2.45) is 0 Å². The maximum Gasteiger partial charge on any atom is 0.529 e. The highest BCUT2D eigenvalue weighted by atomic mass is 31.2. The summed E-state index contributed by atoms with van der Waals surface area (Å²) in [6.45, 7) is 0. The summed E-state index contributed by atoms with van der Waals surface area (Å²) in [4.78, 5) is 0. The molecule has 0 heterocycles. The number of hydrogen-bond donors (Lipinski definition) is 0. The first-order valence-electron chi connectivity index (χ1n) is 6.78. The lowest BCUT2D eigenvalue weighted by atomic mass is 10.1. The van der Waals surface area contributed by atoms with Crippen molar-refractivity contribution < 1.29 is 18.1 Å². The number of nitrogens with zero attached hydrogens (tertiary/aromatic N) is 1. The van der Waals surface area contributed by atoms with Gasteiger partial charge in [-0.25, -0.2) is 4.57 Å². The summed E-state index contributed by atoms with van der Waals surface area (Å²) < 4.78 is 27.4. The predicted octanol–water partition coefficient (Wildman–Crippen LogP) is 4.47. The van der Waals surface area contributed by atoms with E-state index in [-0.39, 0.29) is 0 Å². The van der Waals surface area contributed by atoms with Gasteiger partial charge in [0.05, 0.1) is 11.6 Å². The van der Waals surface area contributed by atoms with Crippen LogP contribution in [0.2, 0.25) is 0 Å². The van der Waals surface area contributed by atoms with Crippen molar-refractivity contribution in [2.45, 2.75) is 0 Å². The van der Waals surface area contributed by atoms with Gasteiger partial charge in [-0.15, -0.1) is 0 Å². The zero-order valence-electron chi connectivity index (χ0n) is 12.8. The molecule has 0 saturated carbocycles. The first kappa shape index (κ1) is 17.0. The Morgan fingerprint density at radius 1 is 1.04 bits per heavy atom. The van der Waals surface area contributed by atoms with E-state index in [9.17, 15) is 4.57 Å². The molecule has 2 rings (SSSR count). The van der Waals surface area contributed by atoms with Crippen LogP contribution in [0.1, 0.15) is 16.7 Å². The number of rotatable bonds is 6. The molecule has 6 heteroatoms. The summed E-state index contributed by atoms with van der Waals surface area (Å²) in [5.41, 5.74) is 2.08. The molecule has 0 fully saturated rings. The maximum absolute atomic E-state index is 12.3. The van der Waals surface area contributed by atoms with Gasteiger partial charge in [-0.3, -0.25) is 9.05 Å². The Kier molecular flexibility index (Phi) is 5.72. The molecule has 0 aliphatic carbocycles. The van der Waals surface area contributed by atoms with E-state index in [1.807, 2.05) is 30.3 Å². The van der Waals surface area contributed by atoms with Crippen LogP contribution in [-0.2, 0) is 18.1 Å². The van der Waals surface area contributed by atoms with Crippen LogP contribution in [0.15, 0.2) is 54.6 Å². The molecule has 0 atom stereocenters. The van der Waals surface area contributed by atoms with Crippen molar-refractivity contribution in [3.05, 3.63) is 71.3 Å². The minimum atomic E-state index is -3.68. The first-order chi connectivity index (χ1) is 11.1. The zero-order chi connectivity index (χ0) is 16.7. The third-order valence-corrected chi connectivity index (χ3v) is 4.37. The van der Waals surface area contributed by atoms with E-state index in [2.05, 4.69) is 6.07 Å². The molecule has 0 amide bonds. The minimum Gasteiger partial charge on any atom is -0.403 e. The summed E-state index contributed by atoms with van der Waals surface area (Å²) in [5.74, 6) is 0.349. The molecule has 2 aromatic carbocycles. The van der Waals surface area contributed by atoms with Gasteiger partial charge in [0.15, 0.2) is 0 Å². The monoisotopic (exact) mass is 329 g/mol. The molecule has 0 aromatic heterocycles. The molecule has 0 aliphatic heterocycles. The highest BCUT2D eigenvalue weighted by Gasteiger charge is 2.26. The van der Waals surface area contributed by atoms with Crippen LogP contribution >= 0.6 is 7.82 Å². The topological polar surface area (TPSA) is 68.6 Å². The molecule has 5 nitrogen and oxygen atoms in total. The van der Waals surface area contributed by atoms with Gasteiger partial charge in [0, 0.05) is 19.8 Å². The van der Waals surface area contributed by atoms with E-state index >= 15 is 0 Å². The van der Waals surface area contributed by atoms with Gasteiger partial charge in [0.2, 0.25) is 0 Å². The average molecular weight is 329 g/mol. The van der Waals surface area contributed by atoms with Gasteiger partial charge in [0.1, 0.15) is 5.76 Å². The van der Waals surface area contributed by atoms with Crippen LogP contribution in [0.5, 0.6) is 0 Å². The van der Waals surface area contributed by atoms with E-state index in [1.165, 1.54) is 14.2 Å². The Bertz CT molecular complexity index is 755. The largest absolute Gasteiger partial charge is 0.529 e. The Hall–Kier alpha value is -2.38. The molecule has 0 radical (unpaired) electrons. The van der Waals surface area contributed by atoms with Crippen molar-refractivity contribution in [1.82, 2.24) is 0 Å². The van der Waals surface area contributed by atoms with E-state index in [4.69, 9.17) is 18.8 Å². The standard InChI is InChI=1S/C17H16NO4P/c1-20-23(19,21-2)22-17(16-6-4-3-5-7-16)12-14-8-10-15(13-18)11-9-14/h3-12H,1-2H3/b17-12+. The van der Waals surface area contributed by atoms with Gasteiger partial charge in [-0.1, -0.05) is 42.5 Å². The minimum absolute atomic E-state index is 0.349. The smallest absolute Gasteiger partial charge is 0.403 e. The van der Waals surface area contributed by atoms with Crippen molar-refractivity contribution in [3.8, 4) is 6.07 Å². The van der Waals surface area contributed by atoms with Gasteiger partial charge < -0.3 is 4.52 Å². The molecule has 2 aromatic rings. The van der Waals surface area contributed by atoms with Crippen molar-refractivity contribution in [2.75, 3.05) is 14.2 Å². The third kappa shape index (κ3) is 4.54. The summed E-state index contributed by atoms with van der Waals surface area (Å²) in [6, 6.07) is 18.2. The Morgan fingerprint density at radius 3 is 2.17 bits per heavy atom. The molecule has 0 spiro atoms. The maximum atomic E-state index is 12.3. The second kappa shape index (κ2) is 7.75. The fraction of sp³-hybridized carbons (Fsp3) is 0.118. The second-order valence-corrected chi connectivity index (χ2v) is 6.32. The van der Waals surface area contributed by atoms with Crippen LogP contribution in [0, 0.1) is 11.3 Å². The Morgan fingerprint density at radius 2 is 1.65 bits per heavy atom. The van der Waals surface area contributed by atoms with E-state index in [1.54, 1.807) is 30.3 Å². The molecule has 0 N–H and O–H groups in total. The highest BCUT2D eigenvalue weighted by molar-refractivity contribution is 7.48. The van der Waals surface area contributed by atoms with Crippen molar-refractivity contribution in [1.29, 1.82) is 5.26 Å². The molecule has 23 heavy (non-hydrogen) atoms. The van der Waals surface area contributed by atoms with Gasteiger partial charge in [0.25, 0.3) is 0 Å². The highest BCUT2D eigenvalue weighted by Crippen LogP contribution is 2.51. The zero-order valence-corrected chi connectivity index (χ0v) is 13.7. The van der Waals surface area contributed by atoms with Crippen molar-refractivity contribution >= 4 is 19.7 Å². The summed E-state index contributed by atoms with van der Waals surface area (Å²) in [5, 5.41) is 8.85. The van der Waals surface area contributed by atoms with Crippen LogP contribution in [0.3, 0.4) is 0 Å². The van der Waals surface area contributed by atoms with Gasteiger partial charge in [-0.05, 0) is 23.8 Å². The molecule has 0 aliphatic rings. The quantitative estimate of drug-likeness (QED) is 0.444. The molecular weight excluding hydrogens is 313 g/mol. The lowest BCUT2D eigenvalue weighted by Gasteiger charge is -2.17. The number of benzene rings is 2. The first-order valence-corrected chi connectivity index (χ1v) is 8.24. The van der Waals surface area contributed by atoms with Crippen molar-refractivity contribution in [3.63, 3.8) is 0 Å². The van der Waals surface area contributed by atoms with Crippen LogP contribution in [-0.4, -0.2) is 14.2 Å². The lowest BCUT2D eigenvalue weighted by molar-refractivity contribution is 0.201. The molecule has 0 bridgehead atoms. The molecule has 118 valence electrons. The fourth-order valence-electron chi connectivity index (χ4n) is 1.84. The second-order valence-electron chi connectivity index (χ2n) is 4.51. The van der Waals surface area contributed by atoms with E-state index in [0.29, 0.717) is 11.3 Å². The summed E-state index contributed by atoms with van der Waals surface area (Å²) >= 11 is 0. The van der Waals surface area contributed by atoms with E-state index in [0.717, 1.165) is 11.1 Å². The molecular formula is C17H16NO4P. The number of nitriles is 1. The van der Waals surface area contributed by atoms with Crippen LogP contribution in [0.4, 0.5) is 0 Å². The molecule has 0 unspecified atom stereocenters. The lowest BCUT2D eigenvalue weighted by Crippen LogP contribution is -1.95. The average Bonchev–Trinajstić information content (AvgIpc) is 2.62. The predicted molar refractivity (Wildman–Crippen MR) is 88.2 cm³/mol. The number of hydrogen-bond acceptors (Lipinski definition) is 5. The summed E-state index contributed by atoms with van der Waals surface area (Å²) in [6.07, 6.45) is 1.71. The number of phosphoric ester groups is 1. The fourth-order valence-corrected chi connectivity index (χ4v) is 2.54. The van der Waals surface area contributed by atoms with E-state index < -0.39 is 7.82 Å². The number of phosphoric acid groups is 1. The van der Waals surface area contributed by atoms with Crippen LogP contribution < -0.4 is 0 Å². The summed E-state index contributed by atoms with van der Waals surface area (Å²) in [7, 11) is -1.16. The SMILES string of the molecule is COP(=O)(OC)O/C(=C/c1ccc(C#N)cc1)c1ccccc1. The van der Waals surface area contributed by atoms with Crippen LogP contribution in [0.25, 0.3) is 11.8 Å². The Labute approximate surface area is 135 Å². The van der Waals surface area contributed by atoms with Gasteiger partial charge in [-0.2, -0.15) is 5.26 Å². The normalized spacial score (nSPS) is 11.8. The Balaban J connectivity index is 2.42. The molecule has 0 saturated heterocycles.